The first-order chi connectivity index (χ1) is 14.5. The quantitative estimate of drug-likeness (QED) is 0.561. The third kappa shape index (κ3) is 4.18. The molecule has 1 fully saturated rings. The van der Waals surface area contributed by atoms with Gasteiger partial charge in [0.15, 0.2) is 5.69 Å². The van der Waals surface area contributed by atoms with Gasteiger partial charge in [-0.25, -0.2) is 23.7 Å². The normalized spacial score (nSPS) is 16.0. The van der Waals surface area contributed by atoms with E-state index in [1.807, 2.05) is 0 Å². The average Bonchev–Trinajstić information content (AvgIpc) is 3.23. The van der Waals surface area contributed by atoms with E-state index < -0.39 is 18.5 Å². The molecule has 1 atom stereocenters. The van der Waals surface area contributed by atoms with Gasteiger partial charge < -0.3 is 16.0 Å². The Morgan fingerprint density at radius 3 is 2.93 bits per heavy atom. The standard InChI is InChI=1S/C19H18F2N8O/c20-17(21)10-29-16-9-25-19(28-13(16)1-2-18(29)30)27-12-5-14(15(6-22)24-8-12)26-11-3-4-23-7-11/h1-2,5,8-9,11,17,23,26H,3-4,7,10H2,(H,25,27,28)/t11-/m1/s1. The van der Waals surface area contributed by atoms with Crippen molar-refractivity contribution in [2.24, 2.45) is 0 Å². The molecule has 0 aliphatic carbocycles. The Morgan fingerprint density at radius 2 is 2.20 bits per heavy atom. The first-order valence-electron chi connectivity index (χ1n) is 9.32. The highest BCUT2D eigenvalue weighted by atomic mass is 19.3. The zero-order valence-corrected chi connectivity index (χ0v) is 15.8. The maximum Gasteiger partial charge on any atom is 0.256 e. The second kappa shape index (κ2) is 8.38. The number of nitriles is 1. The number of hydrogen-bond acceptors (Lipinski definition) is 8. The Morgan fingerprint density at radius 1 is 1.33 bits per heavy atom. The highest BCUT2D eigenvalue weighted by molar-refractivity contribution is 5.75. The number of pyridine rings is 2. The Kier molecular flexibility index (Phi) is 5.49. The van der Waals surface area contributed by atoms with Gasteiger partial charge in [0, 0.05) is 18.7 Å². The van der Waals surface area contributed by atoms with Crippen molar-refractivity contribution >= 4 is 28.4 Å². The smallest absolute Gasteiger partial charge is 0.256 e. The lowest BCUT2D eigenvalue weighted by molar-refractivity contribution is 0.127. The number of hydrogen-bond donors (Lipinski definition) is 3. The van der Waals surface area contributed by atoms with Crippen LogP contribution in [0.5, 0.6) is 0 Å². The fraction of sp³-hybridized carbons (Fsp3) is 0.316. The topological polar surface area (TPSA) is 121 Å². The molecule has 11 heteroatoms. The highest BCUT2D eigenvalue weighted by Crippen LogP contribution is 2.22. The Bertz CT molecular complexity index is 1170. The second-order valence-electron chi connectivity index (χ2n) is 6.83. The van der Waals surface area contributed by atoms with Crippen LogP contribution in [0.15, 0.2) is 35.4 Å². The molecule has 4 rings (SSSR count). The minimum Gasteiger partial charge on any atom is -0.379 e. The third-order valence-electron chi connectivity index (χ3n) is 4.73. The van der Waals surface area contributed by atoms with Gasteiger partial charge in [-0.3, -0.25) is 9.36 Å². The van der Waals surface area contributed by atoms with Gasteiger partial charge in [0.1, 0.15) is 6.07 Å². The van der Waals surface area contributed by atoms with Crippen LogP contribution in [0.2, 0.25) is 0 Å². The van der Waals surface area contributed by atoms with E-state index in [1.165, 1.54) is 24.5 Å². The van der Waals surface area contributed by atoms with Crippen molar-refractivity contribution in [1.29, 1.82) is 5.26 Å². The van der Waals surface area contributed by atoms with Gasteiger partial charge in [-0.1, -0.05) is 0 Å². The van der Waals surface area contributed by atoms with Crippen LogP contribution < -0.4 is 21.5 Å². The summed E-state index contributed by atoms with van der Waals surface area (Å²) >= 11 is 0. The van der Waals surface area contributed by atoms with E-state index in [1.54, 1.807) is 6.07 Å². The van der Waals surface area contributed by atoms with Crippen molar-refractivity contribution in [1.82, 2.24) is 24.8 Å². The molecule has 0 saturated carbocycles. The molecule has 0 bridgehead atoms. The Balaban J connectivity index is 1.61. The number of rotatable bonds is 6. The monoisotopic (exact) mass is 412 g/mol. The maximum atomic E-state index is 12.8. The third-order valence-corrected chi connectivity index (χ3v) is 4.73. The fourth-order valence-electron chi connectivity index (χ4n) is 3.32. The maximum absolute atomic E-state index is 12.8. The Labute approximate surface area is 169 Å². The average molecular weight is 412 g/mol. The zero-order valence-electron chi connectivity index (χ0n) is 15.8. The first kappa shape index (κ1) is 19.7. The minimum absolute atomic E-state index is 0.206. The van der Waals surface area contributed by atoms with Crippen molar-refractivity contribution < 1.29 is 8.78 Å². The van der Waals surface area contributed by atoms with Crippen LogP contribution in [0.3, 0.4) is 0 Å². The molecular weight excluding hydrogens is 394 g/mol. The van der Waals surface area contributed by atoms with Crippen LogP contribution >= 0.6 is 0 Å². The summed E-state index contributed by atoms with van der Waals surface area (Å²) in [5, 5.41) is 18.9. The van der Waals surface area contributed by atoms with Gasteiger partial charge in [0.05, 0.1) is 41.3 Å². The fourth-order valence-corrected chi connectivity index (χ4v) is 3.32. The van der Waals surface area contributed by atoms with Crippen LogP contribution in [0.25, 0.3) is 11.0 Å². The van der Waals surface area contributed by atoms with Gasteiger partial charge in [-0.15, -0.1) is 0 Å². The lowest BCUT2D eigenvalue weighted by Gasteiger charge is -2.15. The van der Waals surface area contributed by atoms with Crippen molar-refractivity contribution in [2.75, 3.05) is 23.7 Å². The number of aromatic nitrogens is 4. The summed E-state index contributed by atoms with van der Waals surface area (Å²) in [5.41, 5.74) is 1.47. The molecule has 0 radical (unpaired) electrons. The molecule has 3 N–H and O–H groups in total. The lowest BCUT2D eigenvalue weighted by Crippen LogP contribution is -2.23. The molecule has 4 heterocycles. The molecule has 0 aromatic carbocycles. The van der Waals surface area contributed by atoms with E-state index in [-0.39, 0.29) is 23.2 Å². The number of fused-ring (bicyclic) bond motifs is 1. The number of nitrogens with one attached hydrogen (secondary N) is 3. The molecule has 30 heavy (non-hydrogen) atoms. The van der Waals surface area contributed by atoms with Crippen LogP contribution in [-0.4, -0.2) is 45.1 Å². The summed E-state index contributed by atoms with van der Waals surface area (Å²) in [6.07, 6.45) is 1.09. The van der Waals surface area contributed by atoms with Gasteiger partial charge >= 0.3 is 0 Å². The number of halogens is 2. The van der Waals surface area contributed by atoms with E-state index in [4.69, 9.17) is 0 Å². The number of nitrogens with zero attached hydrogens (tertiary/aromatic N) is 5. The van der Waals surface area contributed by atoms with Gasteiger partial charge in [-0.2, -0.15) is 5.26 Å². The molecule has 3 aromatic rings. The molecule has 0 unspecified atom stereocenters. The molecule has 1 aliphatic heterocycles. The highest BCUT2D eigenvalue weighted by Gasteiger charge is 2.17. The van der Waals surface area contributed by atoms with Crippen molar-refractivity contribution in [2.45, 2.75) is 25.4 Å². The zero-order chi connectivity index (χ0) is 21.1. The van der Waals surface area contributed by atoms with Gasteiger partial charge in [-0.05, 0) is 25.1 Å². The summed E-state index contributed by atoms with van der Waals surface area (Å²) < 4.78 is 26.5. The van der Waals surface area contributed by atoms with Crippen molar-refractivity contribution in [3.05, 3.63) is 46.6 Å². The lowest BCUT2D eigenvalue weighted by atomic mass is 10.2. The van der Waals surface area contributed by atoms with E-state index in [2.05, 4.69) is 37.0 Å². The number of alkyl halides is 2. The summed E-state index contributed by atoms with van der Waals surface area (Å²) in [5.74, 6) is 0.213. The number of anilines is 3. The van der Waals surface area contributed by atoms with E-state index in [0.29, 0.717) is 16.9 Å². The van der Waals surface area contributed by atoms with Gasteiger partial charge in [0.25, 0.3) is 12.0 Å². The molecular formula is C19H18F2N8O. The van der Waals surface area contributed by atoms with E-state index in [0.717, 1.165) is 24.1 Å². The predicted octanol–water partition coefficient (Wildman–Crippen LogP) is 1.84. The predicted molar refractivity (Wildman–Crippen MR) is 107 cm³/mol. The Hall–Kier alpha value is -3.65. The molecule has 0 amide bonds. The molecule has 0 spiro atoms. The van der Waals surface area contributed by atoms with E-state index in [9.17, 15) is 18.8 Å². The largest absolute Gasteiger partial charge is 0.379 e. The molecule has 1 saturated heterocycles. The molecule has 1 aliphatic rings. The summed E-state index contributed by atoms with van der Waals surface area (Å²) in [6, 6.07) is 6.68. The van der Waals surface area contributed by atoms with Crippen LogP contribution in [0.4, 0.5) is 26.1 Å². The molecule has 9 nitrogen and oxygen atoms in total. The summed E-state index contributed by atoms with van der Waals surface area (Å²) in [6.45, 7) is 0.986. The second-order valence-corrected chi connectivity index (χ2v) is 6.83. The molecule has 3 aromatic heterocycles. The molecule has 154 valence electrons. The van der Waals surface area contributed by atoms with Crippen LogP contribution in [0.1, 0.15) is 12.1 Å². The summed E-state index contributed by atoms with van der Waals surface area (Å²) in [4.78, 5) is 24.5. The van der Waals surface area contributed by atoms with Gasteiger partial charge in [0.2, 0.25) is 5.95 Å². The van der Waals surface area contributed by atoms with Crippen LogP contribution in [0, 0.1) is 11.3 Å². The van der Waals surface area contributed by atoms with Crippen molar-refractivity contribution in [3.63, 3.8) is 0 Å². The first-order valence-corrected chi connectivity index (χ1v) is 9.32. The van der Waals surface area contributed by atoms with Crippen LogP contribution in [-0.2, 0) is 6.54 Å². The van der Waals surface area contributed by atoms with Crippen molar-refractivity contribution in [3.8, 4) is 6.07 Å². The summed E-state index contributed by atoms with van der Waals surface area (Å²) in [7, 11) is 0. The SMILES string of the molecule is N#Cc1ncc(Nc2ncc3c(ccc(=O)n3CC(F)F)n2)cc1N[C@@H]1CCNC1. The van der Waals surface area contributed by atoms with E-state index >= 15 is 0 Å². The minimum atomic E-state index is -2.67.